The van der Waals surface area contributed by atoms with E-state index < -0.39 is 0 Å². The van der Waals surface area contributed by atoms with Gasteiger partial charge in [-0.3, -0.25) is 0 Å². The zero-order valence-corrected chi connectivity index (χ0v) is 16.0. The first-order valence-electron chi connectivity index (χ1n) is 10.1. The Kier molecular flexibility index (Phi) is 3.00. The van der Waals surface area contributed by atoms with E-state index in [9.17, 15) is 0 Å². The molecule has 0 amide bonds. The van der Waals surface area contributed by atoms with Gasteiger partial charge in [0.2, 0.25) is 0 Å². The molecule has 7 aromatic rings. The van der Waals surface area contributed by atoms with Crippen molar-refractivity contribution in [2.24, 2.45) is 0 Å². The van der Waals surface area contributed by atoms with Crippen LogP contribution in [0.1, 0.15) is 0 Å². The molecular formula is C27H15N3. The summed E-state index contributed by atoms with van der Waals surface area (Å²) in [4.78, 5) is 15.3. The van der Waals surface area contributed by atoms with Crippen LogP contribution in [0.4, 0.5) is 0 Å². The van der Waals surface area contributed by atoms with Gasteiger partial charge >= 0.3 is 0 Å². The van der Waals surface area contributed by atoms with Crippen molar-refractivity contribution in [3.63, 3.8) is 0 Å². The van der Waals surface area contributed by atoms with Gasteiger partial charge in [0.15, 0.2) is 0 Å². The van der Waals surface area contributed by atoms with Gasteiger partial charge in [-0.2, -0.15) is 0 Å². The van der Waals surface area contributed by atoms with Gasteiger partial charge in [-0.05, 0) is 18.2 Å². The number of hydrogen-bond donors (Lipinski definition) is 0. The summed E-state index contributed by atoms with van der Waals surface area (Å²) in [6.07, 6.45) is 0. The predicted octanol–water partition coefficient (Wildman–Crippen LogP) is 6.79. The Morgan fingerprint density at radius 1 is 0.333 bits per heavy atom. The molecular weight excluding hydrogens is 366 g/mol. The number of benzene rings is 3. The van der Waals surface area contributed by atoms with Crippen molar-refractivity contribution in [1.82, 2.24) is 15.0 Å². The minimum Gasteiger partial charge on any atom is -0.247 e. The topological polar surface area (TPSA) is 38.7 Å². The van der Waals surface area contributed by atoms with Crippen molar-refractivity contribution >= 4 is 65.4 Å². The molecule has 0 saturated heterocycles. The number of nitrogens with zero attached hydrogens (tertiary/aromatic N) is 3. The summed E-state index contributed by atoms with van der Waals surface area (Å²) < 4.78 is 0. The molecule has 0 aliphatic rings. The van der Waals surface area contributed by atoms with Crippen LogP contribution in [0, 0.1) is 0 Å². The SMILES string of the molecule is c1cc2ccc3nc2c(c1)c1ccc2cccc(c4ccc5cccc3c5n4)c2n1. The second-order valence-corrected chi connectivity index (χ2v) is 7.72. The molecule has 4 heterocycles. The maximum absolute atomic E-state index is 5.09. The molecule has 0 saturated carbocycles. The fourth-order valence-electron chi connectivity index (χ4n) is 4.51. The molecule has 0 aliphatic heterocycles. The Morgan fingerprint density at radius 3 is 1.00 bits per heavy atom. The van der Waals surface area contributed by atoms with Crippen molar-refractivity contribution in [2.45, 2.75) is 0 Å². The van der Waals surface area contributed by atoms with Crippen LogP contribution in [0.2, 0.25) is 0 Å². The smallest absolute Gasteiger partial charge is 0.0803 e. The van der Waals surface area contributed by atoms with Crippen LogP contribution in [-0.4, -0.2) is 15.0 Å². The van der Waals surface area contributed by atoms with Gasteiger partial charge in [-0.25, -0.2) is 15.0 Å². The van der Waals surface area contributed by atoms with Gasteiger partial charge in [0, 0.05) is 32.3 Å². The van der Waals surface area contributed by atoms with Crippen molar-refractivity contribution < 1.29 is 0 Å². The van der Waals surface area contributed by atoms with E-state index in [1.54, 1.807) is 0 Å². The molecule has 30 heavy (non-hydrogen) atoms. The van der Waals surface area contributed by atoms with Crippen LogP contribution in [0.25, 0.3) is 65.4 Å². The van der Waals surface area contributed by atoms with E-state index in [2.05, 4.69) is 91.0 Å². The second-order valence-electron chi connectivity index (χ2n) is 7.72. The Labute approximate surface area is 171 Å². The van der Waals surface area contributed by atoms with Crippen molar-refractivity contribution in [1.29, 1.82) is 0 Å². The molecule has 0 N–H and O–H groups in total. The zero-order valence-electron chi connectivity index (χ0n) is 16.0. The third-order valence-corrected chi connectivity index (χ3v) is 5.99. The van der Waals surface area contributed by atoms with Gasteiger partial charge in [0.1, 0.15) is 0 Å². The molecule has 0 aliphatic carbocycles. The third-order valence-electron chi connectivity index (χ3n) is 5.99. The summed E-state index contributed by atoms with van der Waals surface area (Å²) in [5, 5.41) is 6.48. The minimum atomic E-state index is 0.931. The summed E-state index contributed by atoms with van der Waals surface area (Å²) in [7, 11) is 0. The van der Waals surface area contributed by atoms with E-state index in [4.69, 9.17) is 15.0 Å². The van der Waals surface area contributed by atoms with Gasteiger partial charge < -0.3 is 0 Å². The molecule has 0 radical (unpaired) electrons. The lowest BCUT2D eigenvalue weighted by Crippen LogP contribution is -1.89. The standard InChI is InChI=1S/C27H15N3/c1-4-16-10-13-23-20-8-3-6-18-12-15-24(30-27(18)20)21-9-2-5-17-11-14-22(28-26(17)21)19(7-1)25(16)29-23/h1-15H. The number of hydrogen-bond acceptors (Lipinski definition) is 3. The third kappa shape index (κ3) is 2.12. The van der Waals surface area contributed by atoms with Crippen LogP contribution in [0.15, 0.2) is 91.0 Å². The lowest BCUT2D eigenvalue weighted by atomic mass is 10.1. The first-order chi connectivity index (χ1) is 14.8. The molecule has 0 atom stereocenters. The highest BCUT2D eigenvalue weighted by molar-refractivity contribution is 6.11. The first kappa shape index (κ1) is 15.8. The average molecular weight is 381 g/mol. The fraction of sp³-hybridized carbons (Fsp3) is 0. The molecule has 3 nitrogen and oxygen atoms in total. The van der Waals surface area contributed by atoms with Crippen LogP contribution in [0.5, 0.6) is 0 Å². The van der Waals surface area contributed by atoms with E-state index in [-0.39, 0.29) is 0 Å². The van der Waals surface area contributed by atoms with E-state index in [0.717, 1.165) is 65.4 Å². The van der Waals surface area contributed by atoms with Crippen molar-refractivity contribution in [2.75, 3.05) is 0 Å². The van der Waals surface area contributed by atoms with Crippen LogP contribution < -0.4 is 0 Å². The molecule has 7 rings (SSSR count). The maximum atomic E-state index is 5.09. The molecule has 0 unspecified atom stereocenters. The largest absolute Gasteiger partial charge is 0.247 e. The predicted molar refractivity (Wildman–Crippen MR) is 125 cm³/mol. The molecule has 0 spiro atoms. The van der Waals surface area contributed by atoms with Gasteiger partial charge in [0.25, 0.3) is 0 Å². The molecule has 6 bridgehead atoms. The van der Waals surface area contributed by atoms with Crippen LogP contribution in [-0.2, 0) is 0 Å². The maximum Gasteiger partial charge on any atom is 0.0803 e. The van der Waals surface area contributed by atoms with Gasteiger partial charge in [-0.1, -0.05) is 72.8 Å². The summed E-state index contributed by atoms with van der Waals surface area (Å²) in [5.41, 5.74) is 5.69. The lowest BCUT2D eigenvalue weighted by Gasteiger charge is -2.07. The fourth-order valence-corrected chi connectivity index (χ4v) is 4.51. The normalized spacial score (nSPS) is 12.0. The number of para-hydroxylation sites is 3. The molecule has 4 aromatic heterocycles. The molecule has 138 valence electrons. The van der Waals surface area contributed by atoms with E-state index in [1.807, 2.05) is 0 Å². The monoisotopic (exact) mass is 381 g/mol. The minimum absolute atomic E-state index is 0.931. The van der Waals surface area contributed by atoms with Crippen molar-refractivity contribution in [3.8, 4) is 0 Å². The summed E-state index contributed by atoms with van der Waals surface area (Å²) in [6, 6.07) is 31.6. The average Bonchev–Trinajstić information content (AvgIpc) is 2.81. The second kappa shape index (κ2) is 5.71. The van der Waals surface area contributed by atoms with E-state index in [0.29, 0.717) is 0 Å². The number of rotatable bonds is 0. The Hall–Kier alpha value is -4.11. The number of pyridine rings is 3. The summed E-state index contributed by atoms with van der Waals surface area (Å²) >= 11 is 0. The highest BCUT2D eigenvalue weighted by Crippen LogP contribution is 2.30. The van der Waals surface area contributed by atoms with Crippen LogP contribution >= 0.6 is 0 Å². The highest BCUT2D eigenvalue weighted by atomic mass is 14.7. The number of fused-ring (bicyclic) bond motifs is 6. The molecule has 3 heteroatoms. The van der Waals surface area contributed by atoms with Gasteiger partial charge in [-0.15, -0.1) is 0 Å². The van der Waals surface area contributed by atoms with E-state index >= 15 is 0 Å². The summed E-state index contributed by atoms with van der Waals surface area (Å²) in [6.45, 7) is 0. The molecule has 3 aromatic carbocycles. The zero-order chi connectivity index (χ0) is 19.7. The Bertz CT molecular complexity index is 1590. The lowest BCUT2D eigenvalue weighted by molar-refractivity contribution is 1.47. The summed E-state index contributed by atoms with van der Waals surface area (Å²) in [5.74, 6) is 0. The molecule has 0 fully saturated rings. The quantitative estimate of drug-likeness (QED) is 0.290. The number of aromatic nitrogens is 3. The first-order valence-corrected chi connectivity index (χ1v) is 10.1. The van der Waals surface area contributed by atoms with Gasteiger partial charge in [0.05, 0.1) is 33.1 Å². The van der Waals surface area contributed by atoms with Crippen LogP contribution in [0.3, 0.4) is 0 Å². The van der Waals surface area contributed by atoms with E-state index in [1.165, 1.54) is 0 Å². The highest BCUT2D eigenvalue weighted by Gasteiger charge is 2.08. The van der Waals surface area contributed by atoms with Crippen molar-refractivity contribution in [3.05, 3.63) is 91.0 Å². The Balaban J connectivity index is 1.90. The Morgan fingerprint density at radius 2 is 0.667 bits per heavy atom.